The van der Waals surface area contributed by atoms with Gasteiger partial charge in [0.05, 0.1) is 0 Å². The first-order valence-electron chi connectivity index (χ1n) is 10.1. The van der Waals surface area contributed by atoms with Crippen LogP contribution >= 0.6 is 0 Å². The third-order valence-corrected chi connectivity index (χ3v) is 6.09. The largest absolute Gasteiger partial charge is 0.522 e. The molecule has 2 rings (SSSR count). The molecule has 0 bridgehead atoms. The minimum atomic E-state index is -5.84. The van der Waals surface area contributed by atoms with Gasteiger partial charge in [-0.1, -0.05) is 102 Å². The van der Waals surface area contributed by atoms with E-state index in [2.05, 4.69) is 7.28 Å². The predicted molar refractivity (Wildman–Crippen MR) is 100 cm³/mol. The van der Waals surface area contributed by atoms with Crippen LogP contribution in [0.2, 0.25) is 12.1 Å². The van der Waals surface area contributed by atoms with E-state index in [1.165, 1.54) is 96.2 Å². The SMILES string of the molecule is O=S(=O)(O)C(F)(F)F.[B]1CCCCCCCC1C1CCCCCCCC1. The molecule has 1 aliphatic carbocycles. The third kappa shape index (κ3) is 10.2. The molecule has 0 aromatic carbocycles. The highest BCUT2D eigenvalue weighted by Gasteiger charge is 2.44. The summed E-state index contributed by atoms with van der Waals surface area (Å²) in [7, 11) is -3.11. The summed E-state index contributed by atoms with van der Waals surface area (Å²) >= 11 is 0. The summed E-state index contributed by atoms with van der Waals surface area (Å²) in [5, 5.41) is 0. The Morgan fingerprint density at radius 2 is 1.12 bits per heavy atom. The highest BCUT2D eigenvalue weighted by Crippen LogP contribution is 2.36. The molecule has 2 aliphatic rings. The van der Waals surface area contributed by atoms with Gasteiger partial charge in [-0.25, -0.2) is 0 Å². The zero-order chi connectivity index (χ0) is 19.5. The lowest BCUT2D eigenvalue weighted by Crippen LogP contribution is -2.21. The smallest absolute Gasteiger partial charge is 0.279 e. The van der Waals surface area contributed by atoms with E-state index in [9.17, 15) is 13.2 Å². The molecule has 1 aliphatic heterocycles. The van der Waals surface area contributed by atoms with Gasteiger partial charge in [0, 0.05) is 0 Å². The summed E-state index contributed by atoms with van der Waals surface area (Å²) in [5.41, 5.74) is -5.53. The number of alkyl halides is 3. The maximum Gasteiger partial charge on any atom is 0.522 e. The average molecular weight is 397 g/mol. The van der Waals surface area contributed by atoms with Crippen LogP contribution < -0.4 is 0 Å². The zero-order valence-electron chi connectivity index (χ0n) is 15.6. The summed E-state index contributed by atoms with van der Waals surface area (Å²) in [4.78, 5) is 0. The molecule has 0 spiro atoms. The van der Waals surface area contributed by atoms with E-state index in [0.29, 0.717) is 0 Å². The molecule has 1 saturated heterocycles. The van der Waals surface area contributed by atoms with Crippen LogP contribution in [0.5, 0.6) is 0 Å². The summed E-state index contributed by atoms with van der Waals surface area (Å²) in [6.45, 7) is 0. The van der Waals surface area contributed by atoms with Crippen molar-refractivity contribution in [1.82, 2.24) is 0 Å². The van der Waals surface area contributed by atoms with Gasteiger partial charge in [0.2, 0.25) is 0 Å². The molecule has 1 atom stereocenters. The number of hydrogen-bond acceptors (Lipinski definition) is 2. The first-order chi connectivity index (χ1) is 12.2. The molecule has 1 saturated carbocycles. The van der Waals surface area contributed by atoms with E-state index in [4.69, 9.17) is 13.0 Å². The highest BCUT2D eigenvalue weighted by atomic mass is 32.2. The molecule has 26 heavy (non-hydrogen) atoms. The van der Waals surface area contributed by atoms with E-state index in [1.54, 1.807) is 0 Å². The Kier molecular flexibility index (Phi) is 11.2. The van der Waals surface area contributed by atoms with Crippen molar-refractivity contribution in [3.8, 4) is 0 Å². The minimum Gasteiger partial charge on any atom is -0.279 e. The van der Waals surface area contributed by atoms with Gasteiger partial charge in [0.1, 0.15) is 7.28 Å². The van der Waals surface area contributed by atoms with Crippen LogP contribution in [0.15, 0.2) is 0 Å². The lowest BCUT2D eigenvalue weighted by atomic mass is 9.54. The van der Waals surface area contributed by atoms with Crippen LogP contribution in [0.1, 0.15) is 89.9 Å². The molecule has 1 heterocycles. The first kappa shape index (κ1) is 23.8. The fraction of sp³-hybridized carbons (Fsp3) is 1.00. The summed E-state index contributed by atoms with van der Waals surface area (Å²) < 4.78 is 57.5. The van der Waals surface area contributed by atoms with Crippen LogP contribution in [-0.4, -0.2) is 25.8 Å². The summed E-state index contributed by atoms with van der Waals surface area (Å²) in [5.74, 6) is 2.02. The Morgan fingerprint density at radius 3 is 1.58 bits per heavy atom. The molecule has 1 unspecified atom stereocenters. The number of halogens is 3. The molecule has 1 N–H and O–H groups in total. The maximum atomic E-state index is 10.7. The van der Waals surface area contributed by atoms with Crippen molar-refractivity contribution in [2.24, 2.45) is 5.92 Å². The summed E-state index contributed by atoms with van der Waals surface area (Å²) in [6, 6.07) is 0. The van der Waals surface area contributed by atoms with Gasteiger partial charge >= 0.3 is 15.6 Å². The third-order valence-electron chi connectivity index (χ3n) is 5.51. The molecule has 8 heteroatoms. The standard InChI is InChI=1S/C17H32B.CHF3O3S/c1-2-5-9-13-16(12-8-4-1)17-14-10-6-3-7-11-15-18-17;2-1(3,4)8(5,6)7/h16-17H,1-15H2;(H,5,6,7). The van der Waals surface area contributed by atoms with E-state index in [0.717, 1.165) is 11.7 Å². The van der Waals surface area contributed by atoms with E-state index >= 15 is 0 Å². The molecule has 2 fully saturated rings. The van der Waals surface area contributed by atoms with Crippen LogP contribution in [0, 0.1) is 5.92 Å². The number of rotatable bonds is 1. The molecule has 153 valence electrons. The average Bonchev–Trinajstić information content (AvgIpc) is 2.76. The van der Waals surface area contributed by atoms with Crippen LogP contribution in [0.3, 0.4) is 0 Å². The Labute approximate surface area is 157 Å². The molecule has 1 radical (unpaired) electrons. The van der Waals surface area contributed by atoms with Gasteiger partial charge in [-0.3, -0.25) is 4.55 Å². The van der Waals surface area contributed by atoms with Gasteiger partial charge in [-0.2, -0.15) is 21.6 Å². The van der Waals surface area contributed by atoms with E-state index in [1.807, 2.05) is 0 Å². The van der Waals surface area contributed by atoms with Crippen molar-refractivity contribution in [3.05, 3.63) is 0 Å². The van der Waals surface area contributed by atoms with Crippen molar-refractivity contribution in [2.45, 2.75) is 108 Å². The Hall–Kier alpha value is -0.235. The van der Waals surface area contributed by atoms with Crippen LogP contribution in [0.4, 0.5) is 13.2 Å². The fourth-order valence-electron chi connectivity index (χ4n) is 4.03. The second-order valence-corrected chi connectivity index (χ2v) is 9.04. The van der Waals surface area contributed by atoms with Gasteiger partial charge in [-0.15, -0.1) is 0 Å². The molecular formula is C18H33BF3O3S. The second-order valence-electron chi connectivity index (χ2n) is 7.62. The normalized spacial score (nSPS) is 25.0. The van der Waals surface area contributed by atoms with E-state index in [-0.39, 0.29) is 0 Å². The van der Waals surface area contributed by atoms with E-state index < -0.39 is 15.6 Å². The molecule has 0 aromatic rings. The number of hydrogen-bond donors (Lipinski definition) is 1. The Bertz CT molecular complexity index is 427. The van der Waals surface area contributed by atoms with Crippen LogP contribution in [0.25, 0.3) is 0 Å². The fourth-order valence-corrected chi connectivity index (χ4v) is 4.03. The molecule has 0 amide bonds. The summed E-state index contributed by atoms with van der Waals surface area (Å²) in [6.07, 6.45) is 22.4. The van der Waals surface area contributed by atoms with Gasteiger partial charge < -0.3 is 0 Å². The minimum absolute atomic E-state index is 0.973. The van der Waals surface area contributed by atoms with Gasteiger partial charge in [0.15, 0.2) is 0 Å². The van der Waals surface area contributed by atoms with Crippen molar-refractivity contribution < 1.29 is 26.1 Å². The van der Waals surface area contributed by atoms with Crippen LogP contribution in [-0.2, 0) is 10.1 Å². The predicted octanol–water partition coefficient (Wildman–Crippen LogP) is 6.40. The second kappa shape index (κ2) is 12.3. The van der Waals surface area contributed by atoms with Crippen molar-refractivity contribution >= 4 is 17.4 Å². The van der Waals surface area contributed by atoms with Crippen molar-refractivity contribution in [3.63, 3.8) is 0 Å². The van der Waals surface area contributed by atoms with Crippen molar-refractivity contribution in [2.75, 3.05) is 0 Å². The van der Waals surface area contributed by atoms with Gasteiger partial charge in [-0.05, 0) is 5.92 Å². The van der Waals surface area contributed by atoms with Crippen molar-refractivity contribution in [1.29, 1.82) is 0 Å². The Balaban J connectivity index is 0.000000359. The molecular weight excluding hydrogens is 364 g/mol. The first-order valence-corrected chi connectivity index (χ1v) is 11.5. The molecule has 3 nitrogen and oxygen atoms in total. The van der Waals surface area contributed by atoms with Gasteiger partial charge in [0.25, 0.3) is 0 Å². The molecule has 0 aromatic heterocycles. The monoisotopic (exact) mass is 397 g/mol. The topological polar surface area (TPSA) is 54.4 Å². The maximum absolute atomic E-state index is 10.7. The Morgan fingerprint density at radius 1 is 0.731 bits per heavy atom. The highest BCUT2D eigenvalue weighted by molar-refractivity contribution is 7.86. The lowest BCUT2D eigenvalue weighted by molar-refractivity contribution is -0.0510. The zero-order valence-corrected chi connectivity index (χ0v) is 16.5. The lowest BCUT2D eigenvalue weighted by Gasteiger charge is -2.26. The quantitative estimate of drug-likeness (QED) is 0.317.